The average Bonchev–Trinajstić information content (AvgIpc) is 3.43. The molecule has 163 valence electrons. The van der Waals surface area contributed by atoms with Gasteiger partial charge in [-0.2, -0.15) is 6.07 Å². The minimum absolute atomic E-state index is 0. The number of nitrogens with zero attached hydrogens (tertiary/aromatic N) is 3. The third-order valence-electron chi connectivity index (χ3n) is 5.14. The Kier molecular flexibility index (Phi) is 6.76. The number of aryl methyl sites for hydroxylation is 1. The van der Waals surface area contributed by atoms with Gasteiger partial charge in [0.25, 0.3) is 6.20 Å². The van der Waals surface area contributed by atoms with E-state index in [-0.39, 0.29) is 20.1 Å². The summed E-state index contributed by atoms with van der Waals surface area (Å²) in [5.41, 5.74) is 5.80. The fourth-order valence-corrected chi connectivity index (χ4v) is 3.50. The number of hydrogen-bond donors (Lipinski definition) is 0. The summed E-state index contributed by atoms with van der Waals surface area (Å²) in [5, 5.41) is 2.22. The maximum atomic E-state index is 5.83. The van der Waals surface area contributed by atoms with E-state index in [0.717, 1.165) is 38.9 Å². The molecule has 1 radical (unpaired) electrons. The van der Waals surface area contributed by atoms with Crippen LogP contribution < -0.4 is 0 Å². The monoisotopic (exact) mass is 608 g/mol. The van der Waals surface area contributed by atoms with Crippen LogP contribution in [0.5, 0.6) is 0 Å². The molecule has 5 aromatic rings. The van der Waals surface area contributed by atoms with Crippen LogP contribution >= 0.6 is 0 Å². The van der Waals surface area contributed by atoms with Crippen molar-refractivity contribution in [2.75, 3.05) is 7.05 Å². The third kappa shape index (κ3) is 4.92. The van der Waals surface area contributed by atoms with E-state index in [1.54, 1.807) is 0 Å². The summed E-state index contributed by atoms with van der Waals surface area (Å²) in [5.74, 6) is 0. The molecular formula is C28H21IrN3O. The van der Waals surface area contributed by atoms with E-state index >= 15 is 0 Å². The maximum absolute atomic E-state index is 5.83. The Morgan fingerprint density at radius 2 is 1.76 bits per heavy atom. The van der Waals surface area contributed by atoms with Gasteiger partial charge in [0.1, 0.15) is 11.3 Å². The van der Waals surface area contributed by atoms with Gasteiger partial charge in [-0.05, 0) is 29.6 Å². The summed E-state index contributed by atoms with van der Waals surface area (Å²) < 4.78 is 9.60. The first-order chi connectivity index (χ1) is 15.7. The van der Waals surface area contributed by atoms with E-state index in [9.17, 15) is 0 Å². The van der Waals surface area contributed by atoms with Crippen molar-refractivity contribution >= 4 is 33.6 Å². The summed E-state index contributed by atoms with van der Waals surface area (Å²) in [6.45, 7) is 2.03. The Hall–Kier alpha value is -3.62. The van der Waals surface area contributed by atoms with Gasteiger partial charge in [0.05, 0.1) is 0 Å². The first-order valence-electron chi connectivity index (χ1n) is 10.4. The van der Waals surface area contributed by atoms with Crippen molar-refractivity contribution in [3.8, 4) is 11.3 Å². The fraction of sp³-hybridized carbons (Fsp3) is 0.0714. The predicted octanol–water partition coefficient (Wildman–Crippen LogP) is 6.19. The summed E-state index contributed by atoms with van der Waals surface area (Å²) in [7, 11) is 1.94. The van der Waals surface area contributed by atoms with E-state index in [1.807, 2.05) is 96.3 Å². The zero-order chi connectivity index (χ0) is 21.9. The molecule has 1 aliphatic heterocycles. The molecule has 6 rings (SSSR count). The van der Waals surface area contributed by atoms with E-state index < -0.39 is 0 Å². The molecule has 4 nitrogen and oxygen atoms in total. The Bertz CT molecular complexity index is 1510. The molecule has 5 heteroatoms. The molecule has 0 saturated carbocycles. The molecule has 2 aromatic heterocycles. The molecule has 0 atom stereocenters. The van der Waals surface area contributed by atoms with Crippen LogP contribution in [-0.4, -0.2) is 27.2 Å². The molecule has 0 aliphatic carbocycles. The Morgan fingerprint density at radius 3 is 2.48 bits per heavy atom. The molecule has 0 fully saturated rings. The number of benzene rings is 3. The number of hydrogen-bond acceptors (Lipinski definition) is 2. The van der Waals surface area contributed by atoms with Gasteiger partial charge < -0.3 is 9.40 Å². The quantitative estimate of drug-likeness (QED) is 0.177. The van der Waals surface area contributed by atoms with Gasteiger partial charge in [-0.15, -0.1) is 35.9 Å². The van der Waals surface area contributed by atoms with Crippen LogP contribution in [0.4, 0.5) is 5.69 Å². The number of fused-ring (bicyclic) bond motifs is 3. The second-order valence-corrected chi connectivity index (χ2v) is 7.56. The molecule has 0 saturated heterocycles. The van der Waals surface area contributed by atoms with Crippen LogP contribution in [0.15, 0.2) is 95.8 Å². The second kappa shape index (κ2) is 9.89. The van der Waals surface area contributed by atoms with Crippen LogP contribution in [0, 0.1) is 19.1 Å². The molecule has 0 unspecified atom stereocenters. The SMILES string of the molecule is C[N+]1=C=[N+](c2[c-]c3oc4ccccc4c3cc2)C=C1.Cc1ccc(-c2[c-]cccc2)nc1.[Ir]. The summed E-state index contributed by atoms with van der Waals surface area (Å²) in [6.07, 6.45) is 5.76. The van der Waals surface area contributed by atoms with E-state index in [1.165, 1.54) is 5.56 Å². The summed E-state index contributed by atoms with van der Waals surface area (Å²) in [6, 6.07) is 33.7. The Balaban J connectivity index is 0.000000164. The molecular weight excluding hydrogens is 587 g/mol. The summed E-state index contributed by atoms with van der Waals surface area (Å²) >= 11 is 0. The number of pyridine rings is 1. The predicted molar refractivity (Wildman–Crippen MR) is 126 cm³/mol. The molecule has 0 amide bonds. The van der Waals surface area contributed by atoms with Crippen molar-refractivity contribution in [3.63, 3.8) is 0 Å². The van der Waals surface area contributed by atoms with Crippen molar-refractivity contribution < 1.29 is 33.7 Å². The van der Waals surface area contributed by atoms with Gasteiger partial charge in [-0.3, -0.25) is 0 Å². The third-order valence-corrected chi connectivity index (χ3v) is 5.14. The topological polar surface area (TPSA) is 32.0 Å². The van der Waals surface area contributed by atoms with Gasteiger partial charge in [0, 0.05) is 31.9 Å². The van der Waals surface area contributed by atoms with Crippen molar-refractivity contribution in [3.05, 3.63) is 109 Å². The van der Waals surface area contributed by atoms with Crippen molar-refractivity contribution in [1.29, 1.82) is 0 Å². The van der Waals surface area contributed by atoms with Gasteiger partial charge in [-0.25, -0.2) is 0 Å². The first-order valence-corrected chi connectivity index (χ1v) is 10.4. The van der Waals surface area contributed by atoms with Crippen LogP contribution in [0.2, 0.25) is 0 Å². The van der Waals surface area contributed by atoms with Crippen LogP contribution in [0.25, 0.3) is 33.2 Å². The first kappa shape index (κ1) is 22.6. The van der Waals surface area contributed by atoms with Gasteiger partial charge >= 0.3 is 6.01 Å². The molecule has 0 spiro atoms. The van der Waals surface area contributed by atoms with Crippen LogP contribution in [0.1, 0.15) is 5.56 Å². The maximum Gasteiger partial charge on any atom is 0.493 e. The average molecular weight is 608 g/mol. The number of aromatic nitrogens is 1. The standard InChI is InChI=1S/C16H11N2O.C12H10N.Ir/c1-17-8-9-18(11-17)12-6-7-14-13-4-2-3-5-15(13)19-16(14)10-12;1-10-7-8-12(13-9-10)11-5-3-2-4-6-11;/h2-9H,1H3;2-5,7-9H,1H3;/q+1;-1;. The molecule has 33 heavy (non-hydrogen) atoms. The van der Waals surface area contributed by atoms with E-state index in [4.69, 9.17) is 4.42 Å². The zero-order valence-corrected chi connectivity index (χ0v) is 20.6. The second-order valence-electron chi connectivity index (χ2n) is 7.56. The molecule has 0 bridgehead atoms. The number of para-hydroxylation sites is 1. The molecule has 3 heterocycles. The minimum atomic E-state index is 0. The normalized spacial score (nSPS) is 12.1. The smallest absolute Gasteiger partial charge is 0.483 e. The zero-order valence-electron chi connectivity index (χ0n) is 18.2. The molecule has 3 aromatic carbocycles. The van der Waals surface area contributed by atoms with Crippen molar-refractivity contribution in [2.45, 2.75) is 6.92 Å². The summed E-state index contributed by atoms with van der Waals surface area (Å²) in [4.78, 5) is 4.32. The molecule has 0 N–H and O–H groups in total. The van der Waals surface area contributed by atoms with E-state index in [2.05, 4.69) is 41.3 Å². The Labute approximate surface area is 206 Å². The number of rotatable bonds is 2. The van der Waals surface area contributed by atoms with E-state index in [0.29, 0.717) is 0 Å². The van der Waals surface area contributed by atoms with Crippen LogP contribution in [0.3, 0.4) is 0 Å². The van der Waals surface area contributed by atoms with Gasteiger partial charge in [-0.1, -0.05) is 57.0 Å². The Morgan fingerprint density at radius 1 is 0.909 bits per heavy atom. The van der Waals surface area contributed by atoms with Crippen LogP contribution in [-0.2, 0) is 20.1 Å². The number of furan rings is 1. The molecule has 1 aliphatic rings. The van der Waals surface area contributed by atoms with Gasteiger partial charge in [0.15, 0.2) is 7.05 Å². The van der Waals surface area contributed by atoms with Crippen molar-refractivity contribution in [1.82, 2.24) is 4.98 Å². The minimum Gasteiger partial charge on any atom is -0.483 e. The van der Waals surface area contributed by atoms with Gasteiger partial charge in [0.2, 0.25) is 6.20 Å². The van der Waals surface area contributed by atoms with Crippen molar-refractivity contribution in [2.24, 2.45) is 0 Å². The largest absolute Gasteiger partial charge is 0.493 e. The fourth-order valence-electron chi connectivity index (χ4n) is 3.50.